The number of thioether (sulfide) groups is 1. The van der Waals surface area contributed by atoms with Crippen molar-refractivity contribution in [2.24, 2.45) is 0 Å². The Morgan fingerprint density at radius 2 is 2.15 bits per heavy atom. The maximum absolute atomic E-state index is 12.1. The van der Waals surface area contributed by atoms with Crippen LogP contribution in [0.3, 0.4) is 0 Å². The minimum Gasteiger partial charge on any atom is -0.399 e. The molecule has 0 aliphatic carbocycles. The van der Waals surface area contributed by atoms with Gasteiger partial charge in [-0.1, -0.05) is 11.8 Å². The van der Waals surface area contributed by atoms with E-state index in [1.807, 2.05) is 23.1 Å². The molecular formula is C14H18N4OS. The molecule has 106 valence electrons. The molecule has 1 aliphatic rings. The summed E-state index contributed by atoms with van der Waals surface area (Å²) in [6, 6.07) is 5.58. The number of H-pyrrole nitrogens is 1. The number of aromatic nitrogens is 2. The van der Waals surface area contributed by atoms with Crippen molar-refractivity contribution in [2.75, 3.05) is 24.6 Å². The number of nitrogens with zero attached hydrogens (tertiary/aromatic N) is 2. The SMILES string of the molecule is Nc1ccc2nc(SCC(=O)N3CCCCC3)[nH]c2c1. The molecule has 0 atom stereocenters. The lowest BCUT2D eigenvalue weighted by atomic mass is 10.1. The van der Waals surface area contributed by atoms with Crippen molar-refractivity contribution < 1.29 is 4.79 Å². The molecule has 0 radical (unpaired) electrons. The van der Waals surface area contributed by atoms with E-state index in [0.717, 1.165) is 42.1 Å². The number of nitrogens with one attached hydrogen (secondary N) is 1. The summed E-state index contributed by atoms with van der Waals surface area (Å²) in [5, 5.41) is 0.774. The highest BCUT2D eigenvalue weighted by Crippen LogP contribution is 2.22. The minimum atomic E-state index is 0.203. The molecule has 1 aliphatic heterocycles. The molecular weight excluding hydrogens is 272 g/mol. The predicted octanol–water partition coefficient (Wildman–Crippen LogP) is 2.25. The Labute approximate surface area is 121 Å². The largest absolute Gasteiger partial charge is 0.399 e. The Kier molecular flexibility index (Phi) is 3.82. The fourth-order valence-electron chi connectivity index (χ4n) is 2.44. The number of rotatable bonds is 3. The van der Waals surface area contributed by atoms with Crippen molar-refractivity contribution in [2.45, 2.75) is 24.4 Å². The van der Waals surface area contributed by atoms with E-state index < -0.39 is 0 Å². The summed E-state index contributed by atoms with van der Waals surface area (Å²) in [7, 11) is 0. The molecule has 1 aromatic heterocycles. The number of piperidine rings is 1. The molecule has 2 aromatic rings. The fraction of sp³-hybridized carbons (Fsp3) is 0.429. The van der Waals surface area contributed by atoms with Gasteiger partial charge in [0.2, 0.25) is 5.91 Å². The predicted molar refractivity (Wildman–Crippen MR) is 81.7 cm³/mol. The molecule has 3 N–H and O–H groups in total. The number of amides is 1. The maximum Gasteiger partial charge on any atom is 0.233 e. The van der Waals surface area contributed by atoms with Crippen LogP contribution in [-0.2, 0) is 4.79 Å². The number of fused-ring (bicyclic) bond motifs is 1. The first kappa shape index (κ1) is 13.3. The first-order valence-corrected chi connectivity index (χ1v) is 7.87. The number of nitrogen functional groups attached to an aromatic ring is 1. The summed E-state index contributed by atoms with van der Waals surface area (Å²) in [4.78, 5) is 21.7. The van der Waals surface area contributed by atoms with Gasteiger partial charge in [0.05, 0.1) is 16.8 Å². The van der Waals surface area contributed by atoms with Crippen molar-refractivity contribution >= 4 is 34.4 Å². The van der Waals surface area contributed by atoms with Crippen LogP contribution >= 0.6 is 11.8 Å². The van der Waals surface area contributed by atoms with Gasteiger partial charge in [0.1, 0.15) is 0 Å². The first-order chi connectivity index (χ1) is 9.72. The van der Waals surface area contributed by atoms with Gasteiger partial charge >= 0.3 is 0 Å². The fourth-order valence-corrected chi connectivity index (χ4v) is 3.22. The Hall–Kier alpha value is -1.69. The third-order valence-corrected chi connectivity index (χ3v) is 4.38. The molecule has 5 nitrogen and oxygen atoms in total. The van der Waals surface area contributed by atoms with Gasteiger partial charge in [0.15, 0.2) is 5.16 Å². The maximum atomic E-state index is 12.1. The van der Waals surface area contributed by atoms with E-state index >= 15 is 0 Å². The van der Waals surface area contributed by atoms with E-state index in [2.05, 4.69) is 9.97 Å². The molecule has 0 unspecified atom stereocenters. The standard InChI is InChI=1S/C14H18N4OS/c15-10-4-5-11-12(8-10)17-14(16-11)20-9-13(19)18-6-2-1-3-7-18/h4-5,8H,1-3,6-7,9,15H2,(H,16,17). The smallest absolute Gasteiger partial charge is 0.233 e. The Morgan fingerprint density at radius 3 is 2.95 bits per heavy atom. The summed E-state index contributed by atoms with van der Waals surface area (Å²) >= 11 is 1.46. The summed E-state index contributed by atoms with van der Waals surface area (Å²) in [6.45, 7) is 1.80. The van der Waals surface area contributed by atoms with E-state index in [4.69, 9.17) is 5.73 Å². The van der Waals surface area contributed by atoms with Crippen LogP contribution in [0.15, 0.2) is 23.4 Å². The van der Waals surface area contributed by atoms with Gasteiger partial charge in [-0.15, -0.1) is 0 Å². The minimum absolute atomic E-state index is 0.203. The zero-order chi connectivity index (χ0) is 13.9. The monoisotopic (exact) mass is 290 g/mol. The third-order valence-electron chi connectivity index (χ3n) is 3.53. The summed E-state index contributed by atoms with van der Waals surface area (Å²) in [5.41, 5.74) is 8.24. The van der Waals surface area contributed by atoms with E-state index in [9.17, 15) is 4.79 Å². The number of hydrogen-bond acceptors (Lipinski definition) is 4. The second-order valence-electron chi connectivity index (χ2n) is 5.05. The number of nitrogens with two attached hydrogens (primary N) is 1. The van der Waals surface area contributed by atoms with Crippen molar-refractivity contribution in [1.82, 2.24) is 14.9 Å². The summed E-state index contributed by atoms with van der Waals surface area (Å²) in [6.07, 6.45) is 3.49. The first-order valence-electron chi connectivity index (χ1n) is 6.88. The highest BCUT2D eigenvalue weighted by molar-refractivity contribution is 7.99. The molecule has 0 saturated carbocycles. The summed E-state index contributed by atoms with van der Waals surface area (Å²) < 4.78 is 0. The van der Waals surface area contributed by atoms with Gasteiger partial charge < -0.3 is 15.6 Å². The zero-order valence-electron chi connectivity index (χ0n) is 11.3. The number of carbonyl (C=O) groups excluding carboxylic acids is 1. The Bertz CT molecular complexity index is 619. The third kappa shape index (κ3) is 2.90. The molecule has 20 heavy (non-hydrogen) atoms. The number of anilines is 1. The van der Waals surface area contributed by atoms with Crippen LogP contribution in [0.25, 0.3) is 11.0 Å². The number of aromatic amines is 1. The average molecular weight is 290 g/mol. The Balaban J connectivity index is 1.63. The lowest BCUT2D eigenvalue weighted by molar-refractivity contribution is -0.129. The molecule has 3 rings (SSSR count). The molecule has 1 aromatic carbocycles. The average Bonchev–Trinajstić information content (AvgIpc) is 2.87. The molecule has 6 heteroatoms. The second-order valence-corrected chi connectivity index (χ2v) is 6.01. The number of carbonyl (C=O) groups is 1. The van der Waals surface area contributed by atoms with Crippen molar-refractivity contribution in [3.8, 4) is 0 Å². The van der Waals surface area contributed by atoms with Gasteiger partial charge in [-0.2, -0.15) is 0 Å². The second kappa shape index (κ2) is 5.75. The molecule has 2 heterocycles. The molecule has 1 fully saturated rings. The van der Waals surface area contributed by atoms with E-state index in [1.54, 1.807) is 0 Å². The zero-order valence-corrected chi connectivity index (χ0v) is 12.1. The number of benzene rings is 1. The van der Waals surface area contributed by atoms with Gasteiger partial charge in [-0.05, 0) is 37.5 Å². The number of imidazole rings is 1. The van der Waals surface area contributed by atoms with E-state index in [1.165, 1.54) is 18.2 Å². The summed E-state index contributed by atoms with van der Waals surface area (Å²) in [5.74, 6) is 0.643. The lowest BCUT2D eigenvalue weighted by Gasteiger charge is -2.26. The van der Waals surface area contributed by atoms with Crippen LogP contribution in [0.2, 0.25) is 0 Å². The quantitative estimate of drug-likeness (QED) is 0.671. The molecule has 0 bridgehead atoms. The lowest BCUT2D eigenvalue weighted by Crippen LogP contribution is -2.36. The van der Waals surface area contributed by atoms with Crippen LogP contribution in [0.4, 0.5) is 5.69 Å². The van der Waals surface area contributed by atoms with Crippen LogP contribution in [0.5, 0.6) is 0 Å². The van der Waals surface area contributed by atoms with Gasteiger partial charge in [-0.3, -0.25) is 4.79 Å². The highest BCUT2D eigenvalue weighted by Gasteiger charge is 2.17. The molecule has 1 saturated heterocycles. The van der Waals surface area contributed by atoms with Crippen molar-refractivity contribution in [1.29, 1.82) is 0 Å². The van der Waals surface area contributed by atoms with Gasteiger partial charge in [0, 0.05) is 18.8 Å². The number of likely N-dealkylation sites (tertiary alicyclic amines) is 1. The van der Waals surface area contributed by atoms with Gasteiger partial charge in [-0.25, -0.2) is 4.98 Å². The van der Waals surface area contributed by atoms with Crippen LogP contribution in [-0.4, -0.2) is 39.6 Å². The van der Waals surface area contributed by atoms with Crippen LogP contribution < -0.4 is 5.73 Å². The van der Waals surface area contributed by atoms with Crippen molar-refractivity contribution in [3.05, 3.63) is 18.2 Å². The number of hydrogen-bond donors (Lipinski definition) is 2. The van der Waals surface area contributed by atoms with Crippen LogP contribution in [0.1, 0.15) is 19.3 Å². The topological polar surface area (TPSA) is 75.0 Å². The van der Waals surface area contributed by atoms with Crippen molar-refractivity contribution in [3.63, 3.8) is 0 Å². The molecule has 0 spiro atoms. The normalized spacial score (nSPS) is 15.7. The van der Waals surface area contributed by atoms with E-state index in [-0.39, 0.29) is 5.91 Å². The highest BCUT2D eigenvalue weighted by atomic mass is 32.2. The Morgan fingerprint density at radius 1 is 1.35 bits per heavy atom. The van der Waals surface area contributed by atoms with Gasteiger partial charge in [0.25, 0.3) is 0 Å². The molecule has 1 amide bonds. The van der Waals surface area contributed by atoms with E-state index in [0.29, 0.717) is 11.4 Å². The van der Waals surface area contributed by atoms with Crippen LogP contribution in [0, 0.1) is 0 Å².